The van der Waals surface area contributed by atoms with Crippen LogP contribution in [0.3, 0.4) is 0 Å². The molecule has 0 bridgehead atoms. The van der Waals surface area contributed by atoms with E-state index in [0.717, 1.165) is 36.0 Å². The van der Waals surface area contributed by atoms with Crippen LogP contribution in [0.1, 0.15) is 23.2 Å². The Hall–Kier alpha value is -0.840. The third-order valence-electron chi connectivity index (χ3n) is 2.62. The predicted molar refractivity (Wildman–Crippen MR) is 72.5 cm³/mol. The van der Waals surface area contributed by atoms with Gasteiger partial charge in [0.15, 0.2) is 0 Å². The van der Waals surface area contributed by atoms with Crippen LogP contribution in [0.5, 0.6) is 0 Å². The lowest BCUT2D eigenvalue weighted by atomic mass is 10.3. The summed E-state index contributed by atoms with van der Waals surface area (Å²) in [5.41, 5.74) is 1.98. The number of aromatic nitrogens is 2. The Morgan fingerprint density at radius 2 is 2.29 bits per heavy atom. The van der Waals surface area contributed by atoms with Crippen molar-refractivity contribution in [1.29, 1.82) is 0 Å². The second-order valence-electron chi connectivity index (χ2n) is 3.84. The summed E-state index contributed by atoms with van der Waals surface area (Å²) in [4.78, 5) is 1.33. The summed E-state index contributed by atoms with van der Waals surface area (Å²) in [7, 11) is 0. The lowest BCUT2D eigenvalue weighted by Crippen LogP contribution is -2.15. The van der Waals surface area contributed by atoms with Gasteiger partial charge in [0.05, 0.1) is 16.4 Å². The third-order valence-corrected chi connectivity index (χ3v) is 3.99. The first-order valence-corrected chi connectivity index (χ1v) is 6.93. The molecule has 0 aromatic carbocycles. The van der Waals surface area contributed by atoms with Crippen LogP contribution in [0.15, 0.2) is 17.5 Å². The van der Waals surface area contributed by atoms with Gasteiger partial charge in [-0.05, 0) is 25.3 Å². The molecule has 0 aliphatic rings. The summed E-state index contributed by atoms with van der Waals surface area (Å²) in [6.45, 7) is 6.50. The van der Waals surface area contributed by atoms with Crippen molar-refractivity contribution < 1.29 is 0 Å². The minimum Gasteiger partial charge on any atom is -0.306 e. The molecule has 2 heterocycles. The van der Waals surface area contributed by atoms with Crippen molar-refractivity contribution >= 4 is 22.9 Å². The van der Waals surface area contributed by atoms with Crippen molar-refractivity contribution in [2.45, 2.75) is 33.5 Å². The molecule has 2 aromatic rings. The first-order valence-electron chi connectivity index (χ1n) is 5.67. The predicted octanol–water partition coefficient (Wildman–Crippen LogP) is 3.22. The molecule has 0 radical (unpaired) electrons. The van der Waals surface area contributed by atoms with Crippen LogP contribution in [0.2, 0.25) is 5.02 Å². The molecule has 0 saturated heterocycles. The number of nitrogens with zero attached hydrogens (tertiary/aromatic N) is 2. The third kappa shape index (κ3) is 2.89. The molecule has 0 fully saturated rings. The zero-order chi connectivity index (χ0) is 12.3. The molecule has 0 spiro atoms. The highest BCUT2D eigenvalue weighted by Gasteiger charge is 2.11. The van der Waals surface area contributed by atoms with Gasteiger partial charge in [0.1, 0.15) is 0 Å². The number of halogens is 1. The fourth-order valence-electron chi connectivity index (χ4n) is 1.76. The number of hydrogen-bond donors (Lipinski definition) is 1. The molecule has 5 heteroatoms. The lowest BCUT2D eigenvalue weighted by molar-refractivity contribution is 0.581. The van der Waals surface area contributed by atoms with E-state index in [1.165, 1.54) is 4.88 Å². The van der Waals surface area contributed by atoms with Gasteiger partial charge in [0.2, 0.25) is 0 Å². The van der Waals surface area contributed by atoms with E-state index in [4.69, 9.17) is 11.6 Å². The molecular weight excluding hydrogens is 254 g/mol. The fourth-order valence-corrected chi connectivity index (χ4v) is 2.63. The molecule has 0 atom stereocenters. The Kier molecular flexibility index (Phi) is 4.20. The Bertz CT molecular complexity index is 476. The molecule has 0 saturated carbocycles. The second-order valence-corrected chi connectivity index (χ2v) is 5.25. The van der Waals surface area contributed by atoms with Crippen LogP contribution >= 0.6 is 22.9 Å². The van der Waals surface area contributed by atoms with Gasteiger partial charge < -0.3 is 5.32 Å². The van der Waals surface area contributed by atoms with E-state index in [9.17, 15) is 0 Å². The van der Waals surface area contributed by atoms with Crippen molar-refractivity contribution in [3.05, 3.63) is 38.8 Å². The first kappa shape index (κ1) is 12.6. The number of aryl methyl sites for hydroxylation is 2. The maximum absolute atomic E-state index is 6.23. The average Bonchev–Trinajstić information content (AvgIpc) is 2.92. The van der Waals surface area contributed by atoms with Gasteiger partial charge >= 0.3 is 0 Å². The van der Waals surface area contributed by atoms with Crippen molar-refractivity contribution in [3.8, 4) is 0 Å². The summed E-state index contributed by atoms with van der Waals surface area (Å²) < 4.78 is 1.96. The summed E-state index contributed by atoms with van der Waals surface area (Å²) in [5.74, 6) is 0. The number of hydrogen-bond acceptors (Lipinski definition) is 3. The Labute approximate surface area is 110 Å². The highest BCUT2D eigenvalue weighted by atomic mass is 35.5. The molecule has 0 aliphatic carbocycles. The van der Waals surface area contributed by atoms with Gasteiger partial charge in [-0.1, -0.05) is 17.7 Å². The monoisotopic (exact) mass is 269 g/mol. The standard InChI is InChI=1S/C12H16ClN3S/c1-3-16-11(12(13)9(2)15-16)8-14-7-10-5-4-6-17-10/h4-6,14H,3,7-8H2,1-2H3. The normalized spacial score (nSPS) is 11.0. The smallest absolute Gasteiger partial charge is 0.0860 e. The summed E-state index contributed by atoms with van der Waals surface area (Å²) >= 11 is 7.99. The van der Waals surface area contributed by atoms with Crippen LogP contribution in [-0.4, -0.2) is 9.78 Å². The maximum Gasteiger partial charge on any atom is 0.0860 e. The van der Waals surface area contributed by atoms with Crippen molar-refractivity contribution in [3.63, 3.8) is 0 Å². The van der Waals surface area contributed by atoms with Gasteiger partial charge in [-0.3, -0.25) is 4.68 Å². The molecular formula is C12H16ClN3S. The highest BCUT2D eigenvalue weighted by Crippen LogP contribution is 2.20. The fraction of sp³-hybridized carbons (Fsp3) is 0.417. The van der Waals surface area contributed by atoms with Crippen LogP contribution in [-0.2, 0) is 19.6 Å². The van der Waals surface area contributed by atoms with Crippen LogP contribution < -0.4 is 5.32 Å². The largest absolute Gasteiger partial charge is 0.306 e. The Morgan fingerprint density at radius 1 is 1.47 bits per heavy atom. The van der Waals surface area contributed by atoms with Gasteiger partial charge in [-0.15, -0.1) is 11.3 Å². The van der Waals surface area contributed by atoms with E-state index in [1.54, 1.807) is 11.3 Å². The van der Waals surface area contributed by atoms with E-state index in [2.05, 4.69) is 34.9 Å². The Morgan fingerprint density at radius 3 is 2.94 bits per heavy atom. The van der Waals surface area contributed by atoms with Crippen LogP contribution in [0.25, 0.3) is 0 Å². The Balaban J connectivity index is 1.98. The van der Waals surface area contributed by atoms with Crippen LogP contribution in [0.4, 0.5) is 0 Å². The van der Waals surface area contributed by atoms with E-state index in [1.807, 2.05) is 11.6 Å². The van der Waals surface area contributed by atoms with Crippen molar-refractivity contribution in [2.75, 3.05) is 0 Å². The van der Waals surface area contributed by atoms with Crippen LogP contribution in [0, 0.1) is 6.92 Å². The van der Waals surface area contributed by atoms with Gasteiger partial charge in [0.25, 0.3) is 0 Å². The van der Waals surface area contributed by atoms with Gasteiger partial charge in [-0.25, -0.2) is 0 Å². The van der Waals surface area contributed by atoms with E-state index in [-0.39, 0.29) is 0 Å². The molecule has 1 N–H and O–H groups in total. The van der Waals surface area contributed by atoms with Gasteiger partial charge in [0, 0.05) is 24.5 Å². The molecule has 0 amide bonds. The van der Waals surface area contributed by atoms with E-state index >= 15 is 0 Å². The number of rotatable bonds is 5. The number of nitrogens with one attached hydrogen (secondary N) is 1. The summed E-state index contributed by atoms with van der Waals surface area (Å²) in [6.07, 6.45) is 0. The van der Waals surface area contributed by atoms with Gasteiger partial charge in [-0.2, -0.15) is 5.10 Å². The van der Waals surface area contributed by atoms with E-state index in [0.29, 0.717) is 0 Å². The molecule has 2 rings (SSSR count). The summed E-state index contributed by atoms with van der Waals surface area (Å²) in [5, 5.41) is 10.7. The average molecular weight is 270 g/mol. The molecule has 3 nitrogen and oxygen atoms in total. The minimum atomic E-state index is 0.755. The second kappa shape index (κ2) is 5.67. The number of thiophene rings is 1. The maximum atomic E-state index is 6.23. The van der Waals surface area contributed by atoms with Crippen molar-refractivity contribution in [1.82, 2.24) is 15.1 Å². The van der Waals surface area contributed by atoms with E-state index < -0.39 is 0 Å². The molecule has 0 aliphatic heterocycles. The first-order chi connectivity index (χ1) is 8.22. The lowest BCUT2D eigenvalue weighted by Gasteiger charge is -2.06. The zero-order valence-electron chi connectivity index (χ0n) is 10.0. The van der Waals surface area contributed by atoms with Crippen molar-refractivity contribution in [2.24, 2.45) is 0 Å². The SMILES string of the molecule is CCn1nc(C)c(Cl)c1CNCc1cccs1. The highest BCUT2D eigenvalue weighted by molar-refractivity contribution is 7.09. The quantitative estimate of drug-likeness (QED) is 0.903. The molecule has 0 unspecified atom stereocenters. The minimum absolute atomic E-state index is 0.755. The zero-order valence-corrected chi connectivity index (χ0v) is 11.6. The molecule has 17 heavy (non-hydrogen) atoms. The topological polar surface area (TPSA) is 29.9 Å². The molecule has 92 valence electrons. The molecule has 2 aromatic heterocycles. The summed E-state index contributed by atoms with van der Waals surface area (Å²) in [6, 6.07) is 4.19.